The summed E-state index contributed by atoms with van der Waals surface area (Å²) in [5.41, 5.74) is 2.34. The maximum Gasteiger partial charge on any atom is 0.253 e. The molecule has 184 valence electrons. The molecule has 1 atom stereocenters. The van der Waals surface area contributed by atoms with Gasteiger partial charge in [-0.3, -0.25) is 4.79 Å². The fourth-order valence-corrected chi connectivity index (χ4v) is 6.33. The molecule has 0 bridgehead atoms. The van der Waals surface area contributed by atoms with Gasteiger partial charge in [0.05, 0.1) is 10.8 Å². The summed E-state index contributed by atoms with van der Waals surface area (Å²) in [6, 6.07) is 14.2. The van der Waals surface area contributed by atoms with E-state index >= 15 is 0 Å². The van der Waals surface area contributed by atoms with Crippen LogP contribution in [0.2, 0.25) is 0 Å². The van der Waals surface area contributed by atoms with E-state index in [1.165, 1.54) is 10.7 Å². The predicted molar refractivity (Wildman–Crippen MR) is 131 cm³/mol. The molecule has 2 aliphatic rings. The molecular formula is C26H30N4O4S. The van der Waals surface area contributed by atoms with Crippen LogP contribution in [-0.4, -0.2) is 59.8 Å². The van der Waals surface area contributed by atoms with Crippen LogP contribution >= 0.6 is 0 Å². The maximum atomic E-state index is 13.2. The van der Waals surface area contributed by atoms with Crippen molar-refractivity contribution >= 4 is 15.9 Å². The van der Waals surface area contributed by atoms with Crippen molar-refractivity contribution in [3.63, 3.8) is 0 Å². The lowest BCUT2D eigenvalue weighted by atomic mass is 10.00. The second kappa shape index (κ2) is 9.91. The average molecular weight is 495 g/mol. The summed E-state index contributed by atoms with van der Waals surface area (Å²) in [5.74, 6) is 0.686. The summed E-state index contributed by atoms with van der Waals surface area (Å²) in [6.07, 6.45) is 4.73. The van der Waals surface area contributed by atoms with Gasteiger partial charge in [-0.05, 0) is 63.3 Å². The van der Waals surface area contributed by atoms with Crippen LogP contribution in [0, 0.1) is 6.92 Å². The van der Waals surface area contributed by atoms with Crippen molar-refractivity contribution in [2.45, 2.75) is 49.8 Å². The number of hydrogen-bond donors (Lipinski definition) is 0. The minimum Gasteiger partial charge on any atom is -0.339 e. The number of hydrogen-bond acceptors (Lipinski definition) is 6. The molecule has 0 N–H and O–H groups in total. The quantitative estimate of drug-likeness (QED) is 0.526. The van der Waals surface area contributed by atoms with E-state index in [1.807, 2.05) is 42.2 Å². The number of sulfonamides is 1. The van der Waals surface area contributed by atoms with Crippen LogP contribution in [0.25, 0.3) is 11.4 Å². The van der Waals surface area contributed by atoms with Gasteiger partial charge in [-0.2, -0.15) is 9.29 Å². The molecule has 0 spiro atoms. The Morgan fingerprint density at radius 1 is 1.00 bits per heavy atom. The van der Waals surface area contributed by atoms with E-state index in [-0.39, 0.29) is 11.8 Å². The molecule has 5 rings (SSSR count). The molecule has 2 aliphatic heterocycles. The fourth-order valence-electron chi connectivity index (χ4n) is 4.81. The topological polar surface area (TPSA) is 96.6 Å². The van der Waals surface area contributed by atoms with Crippen molar-refractivity contribution in [3.8, 4) is 11.4 Å². The number of carbonyl (C=O) groups excluding carboxylic acids is 1. The third-order valence-electron chi connectivity index (χ3n) is 6.84. The van der Waals surface area contributed by atoms with Crippen LogP contribution in [0.4, 0.5) is 0 Å². The number of aromatic nitrogens is 2. The van der Waals surface area contributed by atoms with Crippen LogP contribution in [0.15, 0.2) is 57.9 Å². The van der Waals surface area contributed by atoms with Gasteiger partial charge in [-0.15, -0.1) is 0 Å². The Kier molecular flexibility index (Phi) is 6.71. The number of piperidine rings is 2. The Morgan fingerprint density at radius 2 is 1.77 bits per heavy atom. The zero-order chi connectivity index (χ0) is 24.4. The second-order valence-corrected chi connectivity index (χ2v) is 11.3. The highest BCUT2D eigenvalue weighted by molar-refractivity contribution is 7.89. The van der Waals surface area contributed by atoms with Gasteiger partial charge in [-0.1, -0.05) is 35.0 Å². The van der Waals surface area contributed by atoms with Gasteiger partial charge < -0.3 is 9.42 Å². The second-order valence-electron chi connectivity index (χ2n) is 9.41. The minimum absolute atomic E-state index is 0.0273. The Hall–Kier alpha value is -3.04. The molecule has 0 saturated carbocycles. The highest BCUT2D eigenvalue weighted by atomic mass is 32.2. The van der Waals surface area contributed by atoms with Gasteiger partial charge in [0.25, 0.3) is 5.91 Å². The number of aryl methyl sites for hydroxylation is 1. The van der Waals surface area contributed by atoms with E-state index in [9.17, 15) is 13.2 Å². The third kappa shape index (κ3) is 5.01. The molecule has 0 aliphatic carbocycles. The van der Waals surface area contributed by atoms with Gasteiger partial charge >= 0.3 is 0 Å². The number of nitrogens with zero attached hydrogens (tertiary/aromatic N) is 4. The maximum absolute atomic E-state index is 13.2. The molecule has 2 aromatic carbocycles. The summed E-state index contributed by atoms with van der Waals surface area (Å²) in [6.45, 7) is 4.28. The highest BCUT2D eigenvalue weighted by Gasteiger charge is 2.33. The molecule has 9 heteroatoms. The zero-order valence-electron chi connectivity index (χ0n) is 19.9. The summed E-state index contributed by atoms with van der Waals surface area (Å²) in [7, 11) is -3.59. The SMILES string of the molecule is Cc1ccc(S(=O)(=O)N2CCCC(c3nc(-c4cccc(C(=O)N5CCCCC5)c4)no3)C2)cc1. The predicted octanol–water partition coefficient (Wildman–Crippen LogP) is 4.24. The summed E-state index contributed by atoms with van der Waals surface area (Å²) in [5, 5.41) is 4.15. The zero-order valence-corrected chi connectivity index (χ0v) is 20.7. The Morgan fingerprint density at radius 3 is 2.54 bits per heavy atom. The largest absolute Gasteiger partial charge is 0.339 e. The number of amides is 1. The lowest BCUT2D eigenvalue weighted by Crippen LogP contribution is -2.39. The van der Waals surface area contributed by atoms with Crippen LogP contribution in [0.5, 0.6) is 0 Å². The van der Waals surface area contributed by atoms with Crippen molar-refractivity contribution in [2.75, 3.05) is 26.2 Å². The number of rotatable bonds is 5. The molecule has 8 nitrogen and oxygen atoms in total. The van der Waals surface area contributed by atoms with Gasteiger partial charge in [0.15, 0.2) is 0 Å². The van der Waals surface area contributed by atoms with Crippen molar-refractivity contribution in [1.29, 1.82) is 0 Å². The number of likely N-dealkylation sites (tertiary alicyclic amines) is 1. The van der Waals surface area contributed by atoms with E-state index in [0.29, 0.717) is 47.2 Å². The third-order valence-corrected chi connectivity index (χ3v) is 8.72. The van der Waals surface area contributed by atoms with Gasteiger partial charge in [0, 0.05) is 37.3 Å². The van der Waals surface area contributed by atoms with E-state index in [2.05, 4.69) is 10.1 Å². The first-order valence-electron chi connectivity index (χ1n) is 12.2. The standard InChI is InChI=1S/C26H30N4O4S/c1-19-10-12-23(13-11-19)35(32,33)30-16-6-9-22(18-30)25-27-24(28-34-25)20-7-5-8-21(17-20)26(31)29-14-3-2-4-15-29/h5,7-8,10-13,17,22H,2-4,6,9,14-16,18H2,1H3. The monoisotopic (exact) mass is 494 g/mol. The molecule has 1 amide bonds. The molecule has 1 unspecified atom stereocenters. The summed E-state index contributed by atoms with van der Waals surface area (Å²) >= 11 is 0. The minimum atomic E-state index is -3.59. The summed E-state index contributed by atoms with van der Waals surface area (Å²) in [4.78, 5) is 19.7. The Balaban J connectivity index is 1.32. The molecule has 1 aromatic heterocycles. The molecule has 3 aromatic rings. The number of carbonyl (C=O) groups is 1. The van der Waals surface area contributed by atoms with E-state index in [0.717, 1.165) is 37.9 Å². The van der Waals surface area contributed by atoms with Crippen LogP contribution in [0.3, 0.4) is 0 Å². The number of benzene rings is 2. The van der Waals surface area contributed by atoms with Crippen molar-refractivity contribution < 1.29 is 17.7 Å². The molecule has 0 radical (unpaired) electrons. The fraction of sp³-hybridized carbons (Fsp3) is 0.423. The average Bonchev–Trinajstić information content (AvgIpc) is 3.40. The first-order valence-corrected chi connectivity index (χ1v) is 13.7. The lowest BCUT2D eigenvalue weighted by Gasteiger charge is -2.30. The van der Waals surface area contributed by atoms with E-state index < -0.39 is 10.0 Å². The smallest absolute Gasteiger partial charge is 0.253 e. The van der Waals surface area contributed by atoms with Crippen LogP contribution < -0.4 is 0 Å². The van der Waals surface area contributed by atoms with Gasteiger partial charge in [0.2, 0.25) is 21.7 Å². The van der Waals surface area contributed by atoms with Crippen molar-refractivity contribution in [1.82, 2.24) is 19.3 Å². The Bertz CT molecular complexity index is 1300. The normalized spacial score (nSPS) is 19.6. The molecule has 3 heterocycles. The van der Waals surface area contributed by atoms with Gasteiger partial charge in [0.1, 0.15) is 0 Å². The van der Waals surface area contributed by atoms with E-state index in [4.69, 9.17) is 4.52 Å². The molecular weight excluding hydrogens is 464 g/mol. The van der Waals surface area contributed by atoms with Crippen molar-refractivity contribution in [2.24, 2.45) is 0 Å². The Labute approximate surface area is 206 Å². The van der Waals surface area contributed by atoms with E-state index in [1.54, 1.807) is 18.2 Å². The molecule has 35 heavy (non-hydrogen) atoms. The molecule has 2 saturated heterocycles. The lowest BCUT2D eigenvalue weighted by molar-refractivity contribution is 0.0724. The first kappa shape index (κ1) is 23.7. The van der Waals surface area contributed by atoms with Crippen molar-refractivity contribution in [3.05, 3.63) is 65.5 Å². The summed E-state index contributed by atoms with van der Waals surface area (Å²) < 4.78 is 33.4. The first-order chi connectivity index (χ1) is 16.9. The highest BCUT2D eigenvalue weighted by Crippen LogP contribution is 2.31. The van der Waals surface area contributed by atoms with Crippen LogP contribution in [0.1, 0.15) is 59.8 Å². The van der Waals surface area contributed by atoms with Crippen LogP contribution in [-0.2, 0) is 10.0 Å². The molecule has 2 fully saturated rings. The van der Waals surface area contributed by atoms with Gasteiger partial charge in [-0.25, -0.2) is 8.42 Å².